The summed E-state index contributed by atoms with van der Waals surface area (Å²) in [6.45, 7) is 0. The minimum absolute atomic E-state index is 0.620. The van der Waals surface area contributed by atoms with Gasteiger partial charge in [-0.25, -0.2) is 4.98 Å². The van der Waals surface area contributed by atoms with Crippen LogP contribution in [0.1, 0.15) is 0 Å². The van der Waals surface area contributed by atoms with Gasteiger partial charge in [-0.15, -0.1) is 0 Å². The molecule has 10 rings (SSSR count). The lowest BCUT2D eigenvalue weighted by Crippen LogP contribution is -2.10. The molecular formula is C47H31N3O. The van der Waals surface area contributed by atoms with E-state index in [1.165, 1.54) is 21.9 Å². The first kappa shape index (κ1) is 29.0. The summed E-state index contributed by atoms with van der Waals surface area (Å²) in [5.41, 5.74) is 11.5. The first-order valence-corrected chi connectivity index (χ1v) is 17.2. The highest BCUT2D eigenvalue weighted by Gasteiger charge is 2.21. The van der Waals surface area contributed by atoms with Crippen LogP contribution in [0.4, 0.5) is 17.1 Å². The van der Waals surface area contributed by atoms with Crippen LogP contribution in [0, 0.1) is 0 Å². The molecule has 0 saturated carbocycles. The van der Waals surface area contributed by atoms with E-state index in [-0.39, 0.29) is 0 Å². The van der Waals surface area contributed by atoms with Gasteiger partial charge < -0.3 is 13.9 Å². The number of oxazole rings is 1. The maximum atomic E-state index is 6.35. The lowest BCUT2D eigenvalue weighted by atomic mass is 10.0. The zero-order chi connectivity index (χ0) is 33.7. The Balaban J connectivity index is 1.19. The summed E-state index contributed by atoms with van der Waals surface area (Å²) < 4.78 is 8.70. The number of benzene rings is 8. The Kier molecular flexibility index (Phi) is 6.78. The molecule has 4 nitrogen and oxygen atoms in total. The van der Waals surface area contributed by atoms with Crippen LogP contribution in [0.2, 0.25) is 0 Å². The zero-order valence-corrected chi connectivity index (χ0v) is 27.6. The molecule has 0 aliphatic rings. The number of hydrogen-bond acceptors (Lipinski definition) is 3. The Labute approximate surface area is 295 Å². The summed E-state index contributed by atoms with van der Waals surface area (Å²) in [5.74, 6) is 0.620. The highest BCUT2D eigenvalue weighted by molar-refractivity contribution is 6.16. The Bertz CT molecular complexity index is 2840. The normalized spacial score (nSPS) is 11.5. The molecule has 0 radical (unpaired) electrons. The van der Waals surface area contributed by atoms with Gasteiger partial charge in [0.15, 0.2) is 5.58 Å². The van der Waals surface area contributed by atoms with Gasteiger partial charge in [0.1, 0.15) is 5.52 Å². The van der Waals surface area contributed by atoms with Crippen LogP contribution in [0.15, 0.2) is 192 Å². The smallest absolute Gasteiger partial charge is 0.228 e. The Hall–Kier alpha value is -6.91. The molecule has 0 spiro atoms. The molecule has 51 heavy (non-hydrogen) atoms. The monoisotopic (exact) mass is 653 g/mol. The van der Waals surface area contributed by atoms with Crippen LogP contribution in [0.5, 0.6) is 0 Å². The van der Waals surface area contributed by atoms with Crippen molar-refractivity contribution >= 4 is 60.7 Å². The van der Waals surface area contributed by atoms with E-state index >= 15 is 0 Å². The Morgan fingerprint density at radius 3 is 2.04 bits per heavy atom. The lowest BCUT2D eigenvalue weighted by molar-refractivity contribution is 0.620. The van der Waals surface area contributed by atoms with Gasteiger partial charge in [0.2, 0.25) is 5.89 Å². The molecule has 0 fully saturated rings. The predicted molar refractivity (Wildman–Crippen MR) is 211 cm³/mol. The second-order valence-electron chi connectivity index (χ2n) is 12.8. The van der Waals surface area contributed by atoms with Crippen LogP contribution in [-0.4, -0.2) is 9.55 Å². The highest BCUT2D eigenvalue weighted by atomic mass is 16.3. The van der Waals surface area contributed by atoms with E-state index < -0.39 is 0 Å². The van der Waals surface area contributed by atoms with E-state index in [0.717, 1.165) is 61.2 Å². The zero-order valence-electron chi connectivity index (χ0n) is 27.6. The van der Waals surface area contributed by atoms with E-state index in [1.807, 2.05) is 24.3 Å². The van der Waals surface area contributed by atoms with E-state index in [1.54, 1.807) is 0 Å². The van der Waals surface area contributed by atoms with Crippen molar-refractivity contribution in [1.29, 1.82) is 0 Å². The molecular weight excluding hydrogens is 623 g/mol. The molecule has 4 heteroatoms. The molecule has 0 unspecified atom stereocenters. The van der Waals surface area contributed by atoms with Gasteiger partial charge in [-0.2, -0.15) is 0 Å². The van der Waals surface area contributed by atoms with E-state index in [9.17, 15) is 0 Å². The standard InChI is InChI=1S/C47H31N3O/c1-3-16-36(17-4-1)49(38-20-11-15-34(30-38)35-26-25-32-13-7-8-14-33(32)29-35)39-27-28-40-44(31-39)50(37-18-5-2-6-19-37)43-23-12-21-41(46(40)43)47-48-42-22-9-10-24-45(42)51-47/h1-31H. The molecule has 10 aromatic rings. The molecule has 0 bridgehead atoms. The lowest BCUT2D eigenvalue weighted by Gasteiger charge is -2.26. The summed E-state index contributed by atoms with van der Waals surface area (Å²) in [6, 6.07) is 66.4. The van der Waals surface area contributed by atoms with Crippen molar-refractivity contribution in [2.45, 2.75) is 0 Å². The molecule has 0 saturated heterocycles. The Morgan fingerprint density at radius 1 is 0.471 bits per heavy atom. The van der Waals surface area contributed by atoms with Crippen LogP contribution in [0.25, 0.3) is 71.9 Å². The van der Waals surface area contributed by atoms with Gasteiger partial charge in [0.05, 0.1) is 11.0 Å². The van der Waals surface area contributed by atoms with E-state index in [2.05, 4.69) is 173 Å². The maximum Gasteiger partial charge on any atom is 0.228 e. The first-order chi connectivity index (χ1) is 25.3. The van der Waals surface area contributed by atoms with Crippen LogP contribution >= 0.6 is 0 Å². The number of nitrogens with zero attached hydrogens (tertiary/aromatic N) is 3. The van der Waals surface area contributed by atoms with Crippen molar-refractivity contribution in [2.75, 3.05) is 4.90 Å². The first-order valence-electron chi connectivity index (χ1n) is 17.2. The quantitative estimate of drug-likeness (QED) is 0.179. The number of rotatable bonds is 6. The summed E-state index contributed by atoms with van der Waals surface area (Å²) in [6.07, 6.45) is 0. The molecule has 0 aliphatic heterocycles. The SMILES string of the molecule is c1ccc(N(c2cccc(-c3ccc4ccccc4c3)c2)c2ccc3c4c(-c5nc6ccccc6o5)cccc4n(-c4ccccc4)c3c2)cc1. The minimum Gasteiger partial charge on any atom is -0.436 e. The van der Waals surface area contributed by atoms with Crippen molar-refractivity contribution in [2.24, 2.45) is 0 Å². The van der Waals surface area contributed by atoms with Gasteiger partial charge in [-0.1, -0.05) is 109 Å². The van der Waals surface area contributed by atoms with Gasteiger partial charge in [-0.05, 0) is 101 Å². The third-order valence-corrected chi connectivity index (χ3v) is 9.77. The number of hydrogen-bond donors (Lipinski definition) is 0. The van der Waals surface area contributed by atoms with Crippen LogP contribution in [0.3, 0.4) is 0 Å². The molecule has 0 N–H and O–H groups in total. The molecule has 2 heterocycles. The van der Waals surface area contributed by atoms with Gasteiger partial charge >= 0.3 is 0 Å². The van der Waals surface area contributed by atoms with Crippen molar-refractivity contribution < 1.29 is 4.42 Å². The minimum atomic E-state index is 0.620. The second-order valence-corrected chi connectivity index (χ2v) is 12.8. The average Bonchev–Trinajstić information content (AvgIpc) is 3.78. The molecule has 2 aromatic heterocycles. The maximum absolute atomic E-state index is 6.35. The Morgan fingerprint density at radius 2 is 1.18 bits per heavy atom. The second kappa shape index (κ2) is 11.9. The van der Waals surface area contributed by atoms with Gasteiger partial charge in [-0.3, -0.25) is 0 Å². The third-order valence-electron chi connectivity index (χ3n) is 9.77. The summed E-state index contributed by atoms with van der Waals surface area (Å²) in [5, 5.41) is 4.72. The van der Waals surface area contributed by atoms with Gasteiger partial charge in [0.25, 0.3) is 0 Å². The van der Waals surface area contributed by atoms with Gasteiger partial charge in [0, 0.05) is 39.1 Å². The average molecular weight is 654 g/mol. The molecule has 8 aromatic carbocycles. The predicted octanol–water partition coefficient (Wildman–Crippen LogP) is 12.9. The van der Waals surface area contributed by atoms with Crippen LogP contribution < -0.4 is 4.90 Å². The summed E-state index contributed by atoms with van der Waals surface area (Å²) in [4.78, 5) is 7.26. The number of fused-ring (bicyclic) bond motifs is 5. The largest absolute Gasteiger partial charge is 0.436 e. The fourth-order valence-electron chi connectivity index (χ4n) is 7.43. The fraction of sp³-hybridized carbons (Fsp3) is 0. The summed E-state index contributed by atoms with van der Waals surface area (Å²) in [7, 11) is 0. The fourth-order valence-corrected chi connectivity index (χ4v) is 7.43. The van der Waals surface area contributed by atoms with Crippen molar-refractivity contribution in [3.05, 3.63) is 188 Å². The number of aromatic nitrogens is 2. The van der Waals surface area contributed by atoms with E-state index in [4.69, 9.17) is 9.40 Å². The topological polar surface area (TPSA) is 34.2 Å². The number of para-hydroxylation sites is 4. The van der Waals surface area contributed by atoms with Crippen molar-refractivity contribution in [3.8, 4) is 28.3 Å². The summed E-state index contributed by atoms with van der Waals surface area (Å²) >= 11 is 0. The molecule has 0 amide bonds. The number of anilines is 3. The molecule has 0 aliphatic carbocycles. The van der Waals surface area contributed by atoms with Crippen LogP contribution in [-0.2, 0) is 0 Å². The molecule has 0 atom stereocenters. The third kappa shape index (κ3) is 4.96. The highest BCUT2D eigenvalue weighted by Crippen LogP contribution is 2.43. The van der Waals surface area contributed by atoms with Crippen molar-refractivity contribution in [1.82, 2.24) is 9.55 Å². The van der Waals surface area contributed by atoms with E-state index in [0.29, 0.717) is 5.89 Å². The molecule has 240 valence electrons. The van der Waals surface area contributed by atoms with Crippen molar-refractivity contribution in [3.63, 3.8) is 0 Å².